The van der Waals surface area contributed by atoms with Crippen LogP contribution in [0.3, 0.4) is 0 Å². The van der Waals surface area contributed by atoms with Gasteiger partial charge in [-0.25, -0.2) is 13.9 Å². The summed E-state index contributed by atoms with van der Waals surface area (Å²) in [5.41, 5.74) is -0.391. The number of nitrogens with one attached hydrogen (secondary N) is 4. The lowest BCUT2D eigenvalue weighted by molar-refractivity contribution is -0.117. The van der Waals surface area contributed by atoms with Gasteiger partial charge in [-0.15, -0.1) is 0 Å². The standard InChI is InChI=1S/C20H28BrFN4O5S/c1-20(2,3)31-19(28)26-32(29,30)24-11-12-4-6-13(7-5-12)17(27)18(23)25-14-8-9-16(22)15(21)10-14/h8-10,12-13,24H,4-7,11H2,1-3H3,(H2,23,25)(H,26,28)/t12-,13-. The smallest absolute Gasteiger partial charge is 0.422 e. The molecule has 1 saturated carbocycles. The highest BCUT2D eigenvalue weighted by atomic mass is 79.9. The van der Waals surface area contributed by atoms with Gasteiger partial charge < -0.3 is 10.1 Å². The Labute approximate surface area is 195 Å². The van der Waals surface area contributed by atoms with E-state index in [1.807, 2.05) is 4.72 Å². The van der Waals surface area contributed by atoms with Crippen LogP contribution in [-0.2, 0) is 19.7 Å². The Bertz CT molecular complexity index is 973. The van der Waals surface area contributed by atoms with Gasteiger partial charge in [-0.1, -0.05) is 0 Å². The van der Waals surface area contributed by atoms with E-state index in [0.29, 0.717) is 31.4 Å². The number of halogens is 2. The monoisotopic (exact) mass is 534 g/mol. The van der Waals surface area contributed by atoms with Gasteiger partial charge in [0.25, 0.3) is 0 Å². The minimum Gasteiger partial charge on any atom is -0.443 e. The molecule has 1 fully saturated rings. The lowest BCUT2D eigenvalue weighted by Gasteiger charge is -2.28. The maximum absolute atomic E-state index is 13.3. The zero-order valence-corrected chi connectivity index (χ0v) is 20.5. The topological polar surface area (TPSA) is 137 Å². The van der Waals surface area contributed by atoms with Crippen molar-refractivity contribution in [2.75, 3.05) is 11.9 Å². The first-order valence-electron chi connectivity index (χ1n) is 10.1. The van der Waals surface area contributed by atoms with Crippen molar-refractivity contribution < 1.29 is 27.1 Å². The van der Waals surface area contributed by atoms with Crippen molar-refractivity contribution in [3.63, 3.8) is 0 Å². The molecule has 0 unspecified atom stereocenters. The lowest BCUT2D eigenvalue weighted by Crippen LogP contribution is -2.44. The second-order valence-electron chi connectivity index (χ2n) is 8.67. The maximum atomic E-state index is 13.3. The first-order chi connectivity index (χ1) is 14.8. The molecule has 0 radical (unpaired) electrons. The largest absolute Gasteiger partial charge is 0.443 e. The van der Waals surface area contributed by atoms with Gasteiger partial charge in [-0.05, 0) is 86.5 Å². The summed E-state index contributed by atoms with van der Waals surface area (Å²) in [6.45, 7) is 5.00. The Balaban J connectivity index is 1.78. The highest BCUT2D eigenvalue weighted by Gasteiger charge is 2.29. The van der Waals surface area contributed by atoms with Crippen molar-refractivity contribution in [3.8, 4) is 0 Å². The number of hydrogen-bond donors (Lipinski definition) is 4. The molecule has 0 atom stereocenters. The van der Waals surface area contributed by atoms with Crippen LogP contribution in [0.4, 0.5) is 14.9 Å². The molecule has 1 aliphatic rings. The minimum atomic E-state index is -4.05. The second-order valence-corrected chi connectivity index (χ2v) is 11.0. The summed E-state index contributed by atoms with van der Waals surface area (Å²) in [5.74, 6) is -1.38. The molecule has 1 amide bonds. The number of hydrogen-bond acceptors (Lipinski definition) is 6. The highest BCUT2D eigenvalue weighted by Crippen LogP contribution is 2.29. The van der Waals surface area contributed by atoms with Gasteiger partial charge in [0.05, 0.1) is 4.47 Å². The van der Waals surface area contributed by atoms with E-state index < -0.39 is 27.7 Å². The molecule has 9 nitrogen and oxygen atoms in total. The molecular formula is C20H28BrFN4O5S. The molecule has 4 N–H and O–H groups in total. The van der Waals surface area contributed by atoms with E-state index in [2.05, 4.69) is 26.0 Å². The van der Waals surface area contributed by atoms with E-state index in [1.165, 1.54) is 18.2 Å². The summed E-state index contributed by atoms with van der Waals surface area (Å²) in [5, 5.41) is 10.7. The van der Waals surface area contributed by atoms with Crippen LogP contribution in [0.25, 0.3) is 0 Å². The van der Waals surface area contributed by atoms with E-state index in [9.17, 15) is 22.4 Å². The van der Waals surface area contributed by atoms with Crippen molar-refractivity contribution in [2.24, 2.45) is 11.8 Å². The van der Waals surface area contributed by atoms with Crippen LogP contribution < -0.4 is 14.8 Å². The molecular weight excluding hydrogens is 507 g/mol. The zero-order valence-electron chi connectivity index (χ0n) is 18.1. The molecule has 0 bridgehead atoms. The lowest BCUT2D eigenvalue weighted by atomic mass is 9.80. The average Bonchev–Trinajstić information content (AvgIpc) is 2.67. The molecule has 1 aromatic rings. The Morgan fingerprint density at radius 1 is 1.22 bits per heavy atom. The second kappa shape index (κ2) is 10.7. The van der Waals surface area contributed by atoms with Crippen molar-refractivity contribution in [3.05, 3.63) is 28.5 Å². The molecule has 32 heavy (non-hydrogen) atoms. The molecule has 0 aliphatic heterocycles. The van der Waals surface area contributed by atoms with E-state index in [-0.39, 0.29) is 34.5 Å². The molecule has 178 valence electrons. The van der Waals surface area contributed by atoms with Crippen LogP contribution in [0.15, 0.2) is 22.7 Å². The number of ketones is 1. The van der Waals surface area contributed by atoms with E-state index in [4.69, 9.17) is 10.1 Å². The minimum absolute atomic E-state index is 0.00413. The van der Waals surface area contributed by atoms with Gasteiger partial charge in [-0.3, -0.25) is 10.2 Å². The summed E-state index contributed by atoms with van der Waals surface area (Å²) < 4.78 is 46.6. The average molecular weight is 535 g/mol. The number of carbonyl (C=O) groups is 2. The number of anilines is 1. The summed E-state index contributed by atoms with van der Waals surface area (Å²) in [6, 6.07) is 4.12. The number of carbonyl (C=O) groups excluding carboxylic acids is 2. The fourth-order valence-electron chi connectivity index (χ4n) is 3.28. The molecule has 2 rings (SSSR count). The fraction of sp³-hybridized carbons (Fsp3) is 0.550. The summed E-state index contributed by atoms with van der Waals surface area (Å²) >= 11 is 3.06. The number of Topliss-reactive ketones (excluding diaryl/α,β-unsaturated/α-hetero) is 1. The Hall–Kier alpha value is -2.05. The SMILES string of the molecule is CC(C)(C)OC(=O)NS(=O)(=O)NC[C@H]1CC[C@H](C(=O)C(=N)Nc2ccc(F)c(Br)c2)CC1. The predicted octanol–water partition coefficient (Wildman–Crippen LogP) is 3.71. The van der Waals surface area contributed by atoms with E-state index in [1.54, 1.807) is 20.8 Å². The van der Waals surface area contributed by atoms with Crippen LogP contribution in [-0.4, -0.2) is 38.3 Å². The third kappa shape index (κ3) is 8.47. The number of amides is 1. The molecule has 1 aliphatic carbocycles. The Kier molecular flexibility index (Phi) is 8.77. The van der Waals surface area contributed by atoms with Crippen molar-refractivity contribution in [2.45, 2.75) is 52.1 Å². The first-order valence-corrected chi connectivity index (χ1v) is 12.4. The molecule has 0 saturated heterocycles. The predicted molar refractivity (Wildman–Crippen MR) is 122 cm³/mol. The molecule has 12 heteroatoms. The normalized spacial score (nSPS) is 19.2. The third-order valence-electron chi connectivity index (χ3n) is 4.83. The maximum Gasteiger partial charge on any atom is 0.422 e. The van der Waals surface area contributed by atoms with Gasteiger partial charge in [-0.2, -0.15) is 13.1 Å². The summed E-state index contributed by atoms with van der Waals surface area (Å²) in [6.07, 6.45) is 1.17. The Morgan fingerprint density at radius 2 is 1.84 bits per heavy atom. The number of amidine groups is 1. The van der Waals surface area contributed by atoms with Crippen LogP contribution in [0.5, 0.6) is 0 Å². The van der Waals surface area contributed by atoms with Crippen molar-refractivity contribution in [1.82, 2.24) is 9.44 Å². The van der Waals surface area contributed by atoms with Crippen molar-refractivity contribution >= 4 is 49.5 Å². The molecule has 0 aromatic heterocycles. The number of benzene rings is 1. The number of ether oxygens (including phenoxy) is 1. The van der Waals surface area contributed by atoms with Gasteiger partial charge in [0.1, 0.15) is 11.4 Å². The quantitative estimate of drug-likeness (QED) is 0.310. The highest BCUT2D eigenvalue weighted by molar-refractivity contribution is 9.10. The summed E-state index contributed by atoms with van der Waals surface area (Å²) in [4.78, 5) is 24.2. The van der Waals surface area contributed by atoms with Gasteiger partial charge in [0, 0.05) is 18.2 Å². The first kappa shape index (κ1) is 26.2. The van der Waals surface area contributed by atoms with Crippen LogP contribution >= 0.6 is 15.9 Å². The summed E-state index contributed by atoms with van der Waals surface area (Å²) in [7, 11) is -4.05. The van der Waals surface area contributed by atoms with Gasteiger partial charge in [0.15, 0.2) is 5.84 Å². The molecule has 0 spiro atoms. The van der Waals surface area contributed by atoms with Gasteiger partial charge >= 0.3 is 16.3 Å². The van der Waals surface area contributed by atoms with E-state index in [0.717, 1.165) is 0 Å². The fourth-order valence-corrected chi connectivity index (χ4v) is 4.45. The van der Waals surface area contributed by atoms with Crippen LogP contribution in [0.1, 0.15) is 46.5 Å². The van der Waals surface area contributed by atoms with Crippen LogP contribution in [0, 0.1) is 23.1 Å². The van der Waals surface area contributed by atoms with Crippen LogP contribution in [0.2, 0.25) is 0 Å². The van der Waals surface area contributed by atoms with Gasteiger partial charge in [0.2, 0.25) is 5.78 Å². The number of rotatable bonds is 7. The third-order valence-corrected chi connectivity index (χ3v) is 6.42. The van der Waals surface area contributed by atoms with Crippen molar-refractivity contribution in [1.29, 1.82) is 5.41 Å². The zero-order chi connectivity index (χ0) is 24.1. The Morgan fingerprint density at radius 3 is 2.41 bits per heavy atom. The van der Waals surface area contributed by atoms with E-state index >= 15 is 0 Å². The molecule has 1 aromatic carbocycles. The molecule has 0 heterocycles.